The van der Waals surface area contributed by atoms with Crippen molar-refractivity contribution in [3.63, 3.8) is 0 Å². The molecule has 1 aliphatic rings. The van der Waals surface area contributed by atoms with Crippen LogP contribution >= 0.6 is 0 Å². The van der Waals surface area contributed by atoms with Crippen LogP contribution in [-0.2, 0) is 0 Å². The fraction of sp³-hybridized carbons (Fsp3) is 1.00. The van der Waals surface area contributed by atoms with E-state index in [0.29, 0.717) is 0 Å². The molecule has 1 saturated carbocycles. The number of unbranched alkanes of at least 4 members (excludes halogenated alkanes) is 1. The molecule has 1 aliphatic carbocycles. The summed E-state index contributed by atoms with van der Waals surface area (Å²) in [5, 5.41) is 3.66. The molecule has 0 saturated heterocycles. The van der Waals surface area contributed by atoms with Crippen LogP contribution in [0.3, 0.4) is 0 Å². The van der Waals surface area contributed by atoms with Gasteiger partial charge in [0.05, 0.1) is 0 Å². The molecule has 0 spiro atoms. The summed E-state index contributed by atoms with van der Waals surface area (Å²) in [5.41, 5.74) is 0. The Labute approximate surface area is 102 Å². The van der Waals surface area contributed by atoms with Crippen molar-refractivity contribution in [3.8, 4) is 0 Å². The molecule has 0 heterocycles. The van der Waals surface area contributed by atoms with Gasteiger partial charge in [-0.05, 0) is 44.6 Å². The van der Waals surface area contributed by atoms with Gasteiger partial charge in [-0.3, -0.25) is 0 Å². The molecular formula is C15H31N. The molecule has 0 bridgehead atoms. The second-order valence-corrected chi connectivity index (χ2v) is 5.67. The molecule has 1 N–H and O–H groups in total. The maximum absolute atomic E-state index is 3.66. The lowest BCUT2D eigenvalue weighted by molar-refractivity contribution is 0.220. The second-order valence-electron chi connectivity index (χ2n) is 5.67. The summed E-state index contributed by atoms with van der Waals surface area (Å²) in [4.78, 5) is 0. The third-order valence-electron chi connectivity index (χ3n) is 4.28. The molecule has 16 heavy (non-hydrogen) atoms. The van der Waals surface area contributed by atoms with Crippen LogP contribution in [0, 0.1) is 11.8 Å². The van der Waals surface area contributed by atoms with Crippen LogP contribution in [-0.4, -0.2) is 12.6 Å². The van der Waals surface area contributed by atoms with Crippen molar-refractivity contribution in [2.24, 2.45) is 11.8 Å². The molecule has 1 nitrogen and oxygen atoms in total. The lowest BCUT2D eigenvalue weighted by atomic mass is 9.77. The van der Waals surface area contributed by atoms with Gasteiger partial charge < -0.3 is 5.32 Å². The third-order valence-corrected chi connectivity index (χ3v) is 4.28. The van der Waals surface area contributed by atoms with E-state index in [9.17, 15) is 0 Å². The maximum atomic E-state index is 3.66. The first-order valence-corrected chi connectivity index (χ1v) is 7.51. The second kappa shape index (κ2) is 8.11. The van der Waals surface area contributed by atoms with E-state index in [1.165, 1.54) is 57.9 Å². The summed E-state index contributed by atoms with van der Waals surface area (Å²) < 4.78 is 0. The van der Waals surface area contributed by atoms with Gasteiger partial charge >= 0.3 is 0 Å². The Morgan fingerprint density at radius 1 is 1.06 bits per heavy atom. The van der Waals surface area contributed by atoms with Crippen LogP contribution in [0.1, 0.15) is 72.1 Å². The Hall–Kier alpha value is -0.0400. The van der Waals surface area contributed by atoms with Gasteiger partial charge in [-0.1, -0.05) is 46.0 Å². The van der Waals surface area contributed by atoms with E-state index in [1.807, 2.05) is 0 Å². The summed E-state index contributed by atoms with van der Waals surface area (Å²) in [6.07, 6.45) is 11.5. The molecule has 0 aromatic heterocycles. The highest BCUT2D eigenvalue weighted by Crippen LogP contribution is 2.33. The predicted octanol–water partition coefficient (Wildman–Crippen LogP) is 4.37. The fourth-order valence-corrected chi connectivity index (χ4v) is 3.01. The Morgan fingerprint density at radius 2 is 1.75 bits per heavy atom. The zero-order chi connectivity index (χ0) is 11.8. The molecule has 1 fully saturated rings. The first-order chi connectivity index (χ1) is 7.77. The number of hydrogen-bond acceptors (Lipinski definition) is 1. The Morgan fingerprint density at radius 3 is 2.31 bits per heavy atom. The third kappa shape index (κ3) is 4.86. The lowest BCUT2D eigenvalue weighted by Crippen LogP contribution is -2.36. The van der Waals surface area contributed by atoms with Crippen LogP contribution in [0.15, 0.2) is 0 Å². The first-order valence-electron chi connectivity index (χ1n) is 7.51. The van der Waals surface area contributed by atoms with E-state index < -0.39 is 0 Å². The topological polar surface area (TPSA) is 12.0 Å². The zero-order valence-corrected chi connectivity index (χ0v) is 11.6. The Balaban J connectivity index is 2.15. The van der Waals surface area contributed by atoms with Crippen molar-refractivity contribution in [2.75, 3.05) is 6.54 Å². The average molecular weight is 225 g/mol. The molecule has 1 heteroatoms. The molecule has 0 amide bonds. The van der Waals surface area contributed by atoms with Gasteiger partial charge in [0.15, 0.2) is 0 Å². The van der Waals surface area contributed by atoms with Crippen LogP contribution in [0.25, 0.3) is 0 Å². The molecule has 0 aromatic carbocycles. The monoisotopic (exact) mass is 225 g/mol. The minimum absolute atomic E-state index is 0.743. The van der Waals surface area contributed by atoms with Crippen molar-refractivity contribution in [2.45, 2.75) is 78.2 Å². The number of rotatable bonds is 7. The predicted molar refractivity (Wildman–Crippen MR) is 72.7 cm³/mol. The zero-order valence-electron chi connectivity index (χ0n) is 11.6. The van der Waals surface area contributed by atoms with Crippen molar-refractivity contribution < 1.29 is 0 Å². The van der Waals surface area contributed by atoms with Gasteiger partial charge in [0, 0.05) is 6.04 Å². The van der Waals surface area contributed by atoms with Gasteiger partial charge in [0.1, 0.15) is 0 Å². The average Bonchev–Trinajstić information content (AvgIpc) is 2.34. The Kier molecular flexibility index (Phi) is 7.11. The summed E-state index contributed by atoms with van der Waals surface area (Å²) >= 11 is 0. The van der Waals surface area contributed by atoms with E-state index in [-0.39, 0.29) is 0 Å². The quantitative estimate of drug-likeness (QED) is 0.678. The number of hydrogen-bond donors (Lipinski definition) is 1. The van der Waals surface area contributed by atoms with Crippen molar-refractivity contribution in [1.29, 1.82) is 0 Å². The highest BCUT2D eigenvalue weighted by molar-refractivity contribution is 4.79. The molecule has 96 valence electrons. The SMILES string of the molecule is CCCCC1CCC(C(C)NCCC)CC1. The highest BCUT2D eigenvalue weighted by atomic mass is 14.9. The van der Waals surface area contributed by atoms with Crippen LogP contribution in [0.2, 0.25) is 0 Å². The summed E-state index contributed by atoms with van der Waals surface area (Å²) in [6.45, 7) is 8.13. The standard InChI is InChI=1S/C15H31N/c1-4-6-7-14-8-10-15(11-9-14)13(3)16-12-5-2/h13-16H,4-12H2,1-3H3. The maximum Gasteiger partial charge on any atom is 0.00669 e. The van der Waals surface area contributed by atoms with Crippen LogP contribution < -0.4 is 5.32 Å². The summed E-state index contributed by atoms with van der Waals surface area (Å²) in [7, 11) is 0. The molecule has 1 unspecified atom stereocenters. The normalized spacial score (nSPS) is 27.9. The fourth-order valence-electron chi connectivity index (χ4n) is 3.01. The van der Waals surface area contributed by atoms with Gasteiger partial charge in [0.2, 0.25) is 0 Å². The number of nitrogens with one attached hydrogen (secondary N) is 1. The Bertz CT molecular complexity index is 159. The van der Waals surface area contributed by atoms with E-state index >= 15 is 0 Å². The summed E-state index contributed by atoms with van der Waals surface area (Å²) in [6, 6.07) is 0.743. The van der Waals surface area contributed by atoms with Gasteiger partial charge in [0.25, 0.3) is 0 Å². The van der Waals surface area contributed by atoms with Crippen molar-refractivity contribution in [3.05, 3.63) is 0 Å². The van der Waals surface area contributed by atoms with E-state index in [0.717, 1.165) is 17.9 Å². The van der Waals surface area contributed by atoms with Gasteiger partial charge in [-0.2, -0.15) is 0 Å². The molecular weight excluding hydrogens is 194 g/mol. The first kappa shape index (κ1) is 14.0. The van der Waals surface area contributed by atoms with Gasteiger partial charge in [-0.25, -0.2) is 0 Å². The lowest BCUT2D eigenvalue weighted by Gasteiger charge is -2.32. The summed E-state index contributed by atoms with van der Waals surface area (Å²) in [5.74, 6) is 2.00. The van der Waals surface area contributed by atoms with Gasteiger partial charge in [-0.15, -0.1) is 0 Å². The largest absolute Gasteiger partial charge is 0.314 e. The van der Waals surface area contributed by atoms with Crippen LogP contribution in [0.5, 0.6) is 0 Å². The van der Waals surface area contributed by atoms with E-state index in [2.05, 4.69) is 26.1 Å². The molecule has 0 aliphatic heterocycles. The highest BCUT2D eigenvalue weighted by Gasteiger charge is 2.24. The minimum Gasteiger partial charge on any atom is -0.314 e. The molecule has 1 rings (SSSR count). The van der Waals surface area contributed by atoms with E-state index in [1.54, 1.807) is 0 Å². The van der Waals surface area contributed by atoms with Crippen LogP contribution in [0.4, 0.5) is 0 Å². The van der Waals surface area contributed by atoms with Crippen molar-refractivity contribution >= 4 is 0 Å². The molecule has 1 atom stereocenters. The molecule has 0 aromatic rings. The smallest absolute Gasteiger partial charge is 0.00669 e. The molecule has 0 radical (unpaired) electrons. The van der Waals surface area contributed by atoms with Crippen molar-refractivity contribution in [1.82, 2.24) is 5.32 Å². The van der Waals surface area contributed by atoms with E-state index in [4.69, 9.17) is 0 Å². The minimum atomic E-state index is 0.743.